The molecule has 1 fully saturated rings. The number of aliphatic hydroxyl groups is 1. The largest absolute Gasteiger partial charge is 0.461 e. The number of para-hydroxylation sites is 1. The number of esters is 1. The first-order chi connectivity index (χ1) is 17.5. The molecular formula is C28H33N5O3. The average Bonchev–Trinajstić information content (AvgIpc) is 2.89. The van der Waals surface area contributed by atoms with Crippen LogP contribution < -0.4 is 10.2 Å². The number of hydrogen-bond donors (Lipinski definition) is 3. The molecule has 0 aliphatic carbocycles. The van der Waals surface area contributed by atoms with Gasteiger partial charge >= 0.3 is 5.97 Å². The fourth-order valence-corrected chi connectivity index (χ4v) is 4.43. The molecule has 0 saturated carbocycles. The first-order valence-corrected chi connectivity index (χ1v) is 12.3. The van der Waals surface area contributed by atoms with Crippen molar-refractivity contribution in [2.24, 2.45) is 0 Å². The van der Waals surface area contributed by atoms with E-state index in [0.29, 0.717) is 23.6 Å². The van der Waals surface area contributed by atoms with E-state index >= 15 is 0 Å². The fraction of sp³-hybridized carbons (Fsp3) is 0.321. The molecular weight excluding hydrogens is 454 g/mol. The van der Waals surface area contributed by atoms with E-state index in [9.17, 15) is 9.90 Å². The highest BCUT2D eigenvalue weighted by atomic mass is 16.5. The number of pyridine rings is 1. The van der Waals surface area contributed by atoms with E-state index in [-0.39, 0.29) is 18.9 Å². The molecule has 2 aromatic carbocycles. The van der Waals surface area contributed by atoms with Gasteiger partial charge in [0.15, 0.2) is 5.69 Å². The quantitative estimate of drug-likeness (QED) is 0.308. The number of nitrogens with one attached hydrogen (secondary N) is 2. The monoisotopic (exact) mass is 487 g/mol. The molecule has 0 spiro atoms. The zero-order valence-electron chi connectivity index (χ0n) is 20.8. The minimum atomic E-state index is -0.499. The zero-order valence-corrected chi connectivity index (χ0v) is 20.8. The van der Waals surface area contributed by atoms with Crippen molar-refractivity contribution in [3.63, 3.8) is 0 Å². The summed E-state index contributed by atoms with van der Waals surface area (Å²) < 4.78 is 5.24. The molecule has 1 saturated heterocycles. The summed E-state index contributed by atoms with van der Waals surface area (Å²) in [5, 5.41) is 21.0. The normalized spacial score (nSPS) is 13.9. The summed E-state index contributed by atoms with van der Waals surface area (Å²) in [5.41, 5.74) is 4.75. The standard InChI is InChI=1S/C28H33N5O3/c1-3-36-28(35)25-19-24(26(20(2)29)27(31-25)30-22-7-5-4-6-8-22)21-9-11-23(12-10-21)33-15-13-32(14-16-33)17-18-34/h4-12,19,29,34H,3,13-18H2,1-2H3,(H,30,31). The second-order valence-electron chi connectivity index (χ2n) is 8.71. The number of nitrogens with zero attached hydrogens (tertiary/aromatic N) is 3. The number of ether oxygens (including phenoxy) is 1. The summed E-state index contributed by atoms with van der Waals surface area (Å²) in [4.78, 5) is 21.8. The number of rotatable bonds is 9. The third-order valence-corrected chi connectivity index (χ3v) is 6.25. The van der Waals surface area contributed by atoms with E-state index in [1.807, 2.05) is 42.5 Å². The Bertz CT molecular complexity index is 1190. The van der Waals surface area contributed by atoms with Crippen LogP contribution in [-0.2, 0) is 4.74 Å². The maximum Gasteiger partial charge on any atom is 0.357 e. The minimum Gasteiger partial charge on any atom is -0.461 e. The molecule has 36 heavy (non-hydrogen) atoms. The van der Waals surface area contributed by atoms with Crippen LogP contribution in [0.5, 0.6) is 0 Å². The average molecular weight is 488 g/mol. The molecule has 0 bridgehead atoms. The molecule has 8 nitrogen and oxygen atoms in total. The molecule has 1 aliphatic rings. The molecule has 0 unspecified atom stereocenters. The third kappa shape index (κ3) is 5.90. The molecule has 1 aromatic heterocycles. The Labute approximate surface area is 212 Å². The number of β-amino-alcohol motifs (C(OH)–C–C–N with tert-alkyl or cyclic N) is 1. The molecule has 1 aliphatic heterocycles. The zero-order chi connectivity index (χ0) is 25.5. The number of carbonyl (C=O) groups is 1. The van der Waals surface area contributed by atoms with Gasteiger partial charge in [-0.1, -0.05) is 30.3 Å². The lowest BCUT2D eigenvalue weighted by molar-refractivity contribution is 0.0519. The molecule has 4 rings (SSSR count). The summed E-state index contributed by atoms with van der Waals surface area (Å²) >= 11 is 0. The molecule has 3 aromatic rings. The summed E-state index contributed by atoms with van der Waals surface area (Å²) in [6, 6.07) is 19.5. The van der Waals surface area contributed by atoms with Crippen LogP contribution >= 0.6 is 0 Å². The maximum atomic E-state index is 12.7. The van der Waals surface area contributed by atoms with Gasteiger partial charge in [-0.2, -0.15) is 0 Å². The van der Waals surface area contributed by atoms with Crippen LogP contribution in [0.3, 0.4) is 0 Å². The SMILES string of the molecule is CCOC(=O)c1cc(-c2ccc(N3CCN(CCO)CC3)cc2)c(C(C)=N)c(Nc2ccccc2)n1. The lowest BCUT2D eigenvalue weighted by atomic mass is 9.96. The van der Waals surface area contributed by atoms with Crippen molar-refractivity contribution in [3.8, 4) is 11.1 Å². The van der Waals surface area contributed by atoms with Crippen molar-refractivity contribution < 1.29 is 14.6 Å². The van der Waals surface area contributed by atoms with Crippen molar-refractivity contribution in [1.82, 2.24) is 9.88 Å². The van der Waals surface area contributed by atoms with E-state index in [1.54, 1.807) is 19.9 Å². The summed E-state index contributed by atoms with van der Waals surface area (Å²) in [7, 11) is 0. The van der Waals surface area contributed by atoms with Gasteiger partial charge in [-0.05, 0) is 55.3 Å². The number of benzene rings is 2. The Kier molecular flexibility index (Phi) is 8.30. The highest BCUT2D eigenvalue weighted by Crippen LogP contribution is 2.33. The second-order valence-corrected chi connectivity index (χ2v) is 8.71. The highest BCUT2D eigenvalue weighted by Gasteiger charge is 2.21. The molecule has 188 valence electrons. The molecule has 2 heterocycles. The molecule has 0 radical (unpaired) electrons. The predicted molar refractivity (Wildman–Crippen MR) is 144 cm³/mol. The smallest absolute Gasteiger partial charge is 0.357 e. The Balaban J connectivity index is 1.70. The van der Waals surface area contributed by atoms with Crippen molar-refractivity contribution in [2.75, 3.05) is 56.2 Å². The van der Waals surface area contributed by atoms with Crippen LogP contribution in [0.4, 0.5) is 17.2 Å². The first kappa shape index (κ1) is 25.3. The Morgan fingerprint density at radius 2 is 1.78 bits per heavy atom. The summed E-state index contributed by atoms with van der Waals surface area (Å²) in [6.07, 6.45) is 0. The van der Waals surface area contributed by atoms with E-state index in [2.05, 4.69) is 32.2 Å². The van der Waals surface area contributed by atoms with Gasteiger partial charge in [-0.3, -0.25) is 4.90 Å². The molecule has 8 heteroatoms. The van der Waals surface area contributed by atoms with Gasteiger partial charge in [0, 0.05) is 55.4 Å². The number of aromatic nitrogens is 1. The minimum absolute atomic E-state index is 0.185. The van der Waals surface area contributed by atoms with Crippen LogP contribution in [0.25, 0.3) is 11.1 Å². The first-order valence-electron chi connectivity index (χ1n) is 12.3. The van der Waals surface area contributed by atoms with Crippen LogP contribution in [0.15, 0.2) is 60.7 Å². The van der Waals surface area contributed by atoms with Crippen LogP contribution in [-0.4, -0.2) is 72.6 Å². The van der Waals surface area contributed by atoms with Gasteiger partial charge in [0.05, 0.1) is 13.2 Å². The summed E-state index contributed by atoms with van der Waals surface area (Å²) in [6.45, 7) is 8.27. The van der Waals surface area contributed by atoms with Crippen LogP contribution in [0.2, 0.25) is 0 Å². The topological polar surface area (TPSA) is 102 Å². The van der Waals surface area contributed by atoms with Gasteiger partial charge in [0.1, 0.15) is 5.82 Å². The number of hydrogen-bond acceptors (Lipinski definition) is 8. The van der Waals surface area contributed by atoms with E-state index in [1.165, 1.54) is 0 Å². The number of aliphatic hydroxyl groups excluding tert-OH is 1. The molecule has 0 amide bonds. The van der Waals surface area contributed by atoms with Crippen molar-refractivity contribution in [2.45, 2.75) is 13.8 Å². The lowest BCUT2D eigenvalue weighted by Gasteiger charge is -2.35. The number of piperazine rings is 1. The van der Waals surface area contributed by atoms with E-state index < -0.39 is 5.97 Å². The second kappa shape index (κ2) is 11.8. The maximum absolute atomic E-state index is 12.7. The lowest BCUT2D eigenvalue weighted by Crippen LogP contribution is -2.47. The highest BCUT2D eigenvalue weighted by molar-refractivity contribution is 6.08. The van der Waals surface area contributed by atoms with Crippen LogP contribution in [0.1, 0.15) is 29.9 Å². The number of anilines is 3. The Morgan fingerprint density at radius 3 is 2.39 bits per heavy atom. The molecule has 3 N–H and O–H groups in total. The van der Waals surface area contributed by atoms with Gasteiger partial charge in [-0.25, -0.2) is 9.78 Å². The van der Waals surface area contributed by atoms with Crippen molar-refractivity contribution >= 4 is 28.9 Å². The van der Waals surface area contributed by atoms with Crippen LogP contribution in [0, 0.1) is 5.41 Å². The predicted octanol–water partition coefficient (Wildman–Crippen LogP) is 4.17. The third-order valence-electron chi connectivity index (χ3n) is 6.25. The molecule has 0 atom stereocenters. The number of carbonyl (C=O) groups excluding carboxylic acids is 1. The van der Waals surface area contributed by atoms with Gasteiger partial charge < -0.3 is 25.5 Å². The Morgan fingerprint density at radius 1 is 1.08 bits per heavy atom. The van der Waals surface area contributed by atoms with Gasteiger partial charge in [0.2, 0.25) is 0 Å². The van der Waals surface area contributed by atoms with Crippen molar-refractivity contribution in [3.05, 3.63) is 71.9 Å². The van der Waals surface area contributed by atoms with Gasteiger partial charge in [-0.15, -0.1) is 0 Å². The van der Waals surface area contributed by atoms with Crippen molar-refractivity contribution in [1.29, 1.82) is 5.41 Å². The van der Waals surface area contributed by atoms with E-state index in [4.69, 9.17) is 10.1 Å². The Hall–Kier alpha value is -3.75. The van der Waals surface area contributed by atoms with Gasteiger partial charge in [0.25, 0.3) is 0 Å². The summed E-state index contributed by atoms with van der Waals surface area (Å²) in [5.74, 6) is -0.0558. The van der Waals surface area contributed by atoms with E-state index in [0.717, 1.165) is 48.7 Å². The fourth-order valence-electron chi connectivity index (χ4n) is 4.43.